The topological polar surface area (TPSA) is 88.7 Å². The first-order chi connectivity index (χ1) is 6.79. The van der Waals surface area contributed by atoms with Crippen LogP contribution in [-0.4, -0.2) is 10.1 Å². The van der Waals surface area contributed by atoms with E-state index in [4.69, 9.17) is 15.5 Å². The maximum Gasteiger partial charge on any atom is 0.261 e. The molecule has 0 aliphatic carbocycles. The molecule has 2 rings (SSSR count). The van der Waals surface area contributed by atoms with Gasteiger partial charge in [-0.05, 0) is 29.4 Å². The van der Waals surface area contributed by atoms with Crippen molar-refractivity contribution in [2.24, 2.45) is 0 Å². The third-order valence-electron chi connectivity index (χ3n) is 1.70. The van der Waals surface area contributed by atoms with Gasteiger partial charge in [0.15, 0.2) is 0 Å². The first kappa shape index (κ1) is 8.26. The van der Waals surface area contributed by atoms with Gasteiger partial charge in [-0.3, -0.25) is 0 Å². The van der Waals surface area contributed by atoms with E-state index in [1.165, 1.54) is 0 Å². The Morgan fingerprint density at radius 2 is 2.00 bits per heavy atom. The largest absolute Gasteiger partial charge is 0.365 e. The molecule has 1 heterocycles. The van der Waals surface area contributed by atoms with Gasteiger partial charge in [-0.2, -0.15) is 10.2 Å². The van der Waals surface area contributed by atoms with Gasteiger partial charge in [0.2, 0.25) is 0 Å². The summed E-state index contributed by atoms with van der Waals surface area (Å²) in [4.78, 5) is 3.85. The van der Waals surface area contributed by atoms with E-state index in [-0.39, 0.29) is 5.95 Å². The minimum atomic E-state index is 0.101. The number of hydrogen-bond acceptors (Lipinski definition) is 5. The lowest BCUT2D eigenvalue weighted by atomic mass is 10.1. The number of hydrogen-bond donors (Lipinski definition) is 1. The zero-order valence-corrected chi connectivity index (χ0v) is 7.14. The summed E-state index contributed by atoms with van der Waals surface area (Å²) in [6, 6.07) is 8.83. The van der Waals surface area contributed by atoms with Gasteiger partial charge in [0.1, 0.15) is 0 Å². The van der Waals surface area contributed by atoms with Crippen molar-refractivity contribution < 1.29 is 4.52 Å². The van der Waals surface area contributed by atoms with E-state index in [0.29, 0.717) is 11.5 Å². The number of nitriles is 1. The molecule has 2 aromatic rings. The molecule has 5 heteroatoms. The van der Waals surface area contributed by atoms with E-state index in [2.05, 4.69) is 10.1 Å². The van der Waals surface area contributed by atoms with E-state index in [0.717, 1.165) is 5.56 Å². The van der Waals surface area contributed by atoms with Crippen molar-refractivity contribution in [3.63, 3.8) is 0 Å². The minimum Gasteiger partial charge on any atom is -0.365 e. The molecule has 0 saturated heterocycles. The summed E-state index contributed by atoms with van der Waals surface area (Å²) < 4.78 is 4.85. The molecular formula is C9H6N4O. The molecule has 5 nitrogen and oxygen atoms in total. The Labute approximate surface area is 79.8 Å². The first-order valence-electron chi connectivity index (χ1n) is 3.89. The Balaban J connectivity index is 2.39. The average molecular weight is 186 g/mol. The van der Waals surface area contributed by atoms with Crippen LogP contribution in [0.4, 0.5) is 5.95 Å². The fourth-order valence-electron chi connectivity index (χ4n) is 1.04. The number of nitrogen functional groups attached to an aromatic ring is 1. The summed E-state index contributed by atoms with van der Waals surface area (Å²) in [5.74, 6) is 0.455. The molecule has 0 aliphatic rings. The highest BCUT2D eigenvalue weighted by molar-refractivity contribution is 5.55. The van der Waals surface area contributed by atoms with Gasteiger partial charge in [-0.25, -0.2) is 0 Å². The van der Waals surface area contributed by atoms with Gasteiger partial charge < -0.3 is 10.3 Å². The minimum absolute atomic E-state index is 0.101. The maximum absolute atomic E-state index is 8.58. The second kappa shape index (κ2) is 3.18. The number of benzene rings is 1. The molecule has 0 fully saturated rings. The Bertz CT molecular complexity index is 480. The molecule has 2 N–H and O–H groups in total. The molecular weight excluding hydrogens is 180 g/mol. The van der Waals surface area contributed by atoms with Crippen LogP contribution < -0.4 is 5.73 Å². The maximum atomic E-state index is 8.58. The van der Waals surface area contributed by atoms with Gasteiger partial charge in [0.05, 0.1) is 11.6 Å². The van der Waals surface area contributed by atoms with Crippen molar-refractivity contribution in [3.8, 4) is 17.5 Å². The summed E-state index contributed by atoms with van der Waals surface area (Å²) in [6.07, 6.45) is 0. The van der Waals surface area contributed by atoms with E-state index in [1.807, 2.05) is 6.07 Å². The molecule has 0 amide bonds. The molecule has 0 saturated carbocycles. The Hall–Kier alpha value is -2.35. The van der Waals surface area contributed by atoms with Gasteiger partial charge in [0, 0.05) is 5.56 Å². The average Bonchev–Trinajstić information content (AvgIpc) is 2.65. The second-order valence-corrected chi connectivity index (χ2v) is 2.65. The highest BCUT2D eigenvalue weighted by Gasteiger charge is 2.05. The normalized spacial score (nSPS) is 9.64. The summed E-state index contributed by atoms with van der Waals surface area (Å²) in [5.41, 5.74) is 6.63. The lowest BCUT2D eigenvalue weighted by Crippen LogP contribution is -1.85. The standard InChI is InChI=1S/C9H6N4O/c10-5-6-1-3-7(4-2-6)8-12-9(11)13-14-8/h1-4H,(H2,11,13). The van der Waals surface area contributed by atoms with E-state index < -0.39 is 0 Å². The van der Waals surface area contributed by atoms with Crippen LogP contribution in [0.15, 0.2) is 28.8 Å². The third-order valence-corrected chi connectivity index (χ3v) is 1.70. The number of nitrogens with two attached hydrogens (primary N) is 1. The van der Waals surface area contributed by atoms with Crippen molar-refractivity contribution in [1.82, 2.24) is 10.1 Å². The SMILES string of the molecule is N#Cc1ccc(-c2nc(N)no2)cc1. The summed E-state index contributed by atoms with van der Waals surface area (Å²) in [6.45, 7) is 0. The van der Waals surface area contributed by atoms with Crippen molar-refractivity contribution in [2.45, 2.75) is 0 Å². The highest BCUT2D eigenvalue weighted by atomic mass is 16.5. The lowest BCUT2D eigenvalue weighted by Gasteiger charge is -1.92. The summed E-state index contributed by atoms with van der Waals surface area (Å²) in [5, 5.41) is 12.0. The fourth-order valence-corrected chi connectivity index (χ4v) is 1.04. The zero-order valence-electron chi connectivity index (χ0n) is 7.14. The number of aromatic nitrogens is 2. The predicted octanol–water partition coefficient (Wildman–Crippen LogP) is 1.19. The number of anilines is 1. The fraction of sp³-hybridized carbons (Fsp3) is 0. The summed E-state index contributed by atoms with van der Waals surface area (Å²) in [7, 11) is 0. The van der Waals surface area contributed by atoms with Crippen LogP contribution in [0.2, 0.25) is 0 Å². The van der Waals surface area contributed by atoms with Crippen LogP contribution in [0.25, 0.3) is 11.5 Å². The molecule has 0 aliphatic heterocycles. The van der Waals surface area contributed by atoms with Crippen LogP contribution in [0, 0.1) is 11.3 Å². The molecule has 14 heavy (non-hydrogen) atoms. The lowest BCUT2D eigenvalue weighted by molar-refractivity contribution is 0.433. The second-order valence-electron chi connectivity index (χ2n) is 2.65. The zero-order chi connectivity index (χ0) is 9.97. The van der Waals surface area contributed by atoms with Gasteiger partial charge in [-0.15, -0.1) is 0 Å². The number of rotatable bonds is 1. The quantitative estimate of drug-likeness (QED) is 0.722. The summed E-state index contributed by atoms with van der Waals surface area (Å²) >= 11 is 0. The first-order valence-corrected chi connectivity index (χ1v) is 3.89. The van der Waals surface area contributed by atoms with Crippen LogP contribution in [0.1, 0.15) is 5.56 Å². The van der Waals surface area contributed by atoms with Gasteiger partial charge in [0.25, 0.3) is 11.8 Å². The molecule has 0 atom stereocenters. The van der Waals surface area contributed by atoms with E-state index in [1.54, 1.807) is 24.3 Å². The monoisotopic (exact) mass is 186 g/mol. The molecule has 0 radical (unpaired) electrons. The van der Waals surface area contributed by atoms with Crippen molar-refractivity contribution >= 4 is 5.95 Å². The predicted molar refractivity (Wildman–Crippen MR) is 48.9 cm³/mol. The van der Waals surface area contributed by atoms with Gasteiger partial charge >= 0.3 is 0 Å². The smallest absolute Gasteiger partial charge is 0.261 e. The number of nitrogens with zero attached hydrogens (tertiary/aromatic N) is 3. The molecule has 0 bridgehead atoms. The molecule has 1 aromatic carbocycles. The van der Waals surface area contributed by atoms with E-state index >= 15 is 0 Å². The van der Waals surface area contributed by atoms with Crippen molar-refractivity contribution in [1.29, 1.82) is 5.26 Å². The molecule has 0 spiro atoms. The van der Waals surface area contributed by atoms with E-state index in [9.17, 15) is 0 Å². The van der Waals surface area contributed by atoms with Crippen molar-refractivity contribution in [2.75, 3.05) is 5.73 Å². The van der Waals surface area contributed by atoms with Crippen LogP contribution in [0.3, 0.4) is 0 Å². The molecule has 0 unspecified atom stereocenters. The van der Waals surface area contributed by atoms with Crippen LogP contribution in [-0.2, 0) is 0 Å². The Kier molecular flexibility index (Phi) is 1.88. The molecule has 1 aromatic heterocycles. The molecule has 68 valence electrons. The van der Waals surface area contributed by atoms with Gasteiger partial charge in [-0.1, -0.05) is 0 Å². The van der Waals surface area contributed by atoms with Crippen LogP contribution >= 0.6 is 0 Å². The van der Waals surface area contributed by atoms with Crippen molar-refractivity contribution in [3.05, 3.63) is 29.8 Å². The Morgan fingerprint density at radius 3 is 2.50 bits per heavy atom. The third kappa shape index (κ3) is 1.41. The highest BCUT2D eigenvalue weighted by Crippen LogP contribution is 2.17. The van der Waals surface area contributed by atoms with Crippen LogP contribution in [0.5, 0.6) is 0 Å². The Morgan fingerprint density at radius 1 is 1.29 bits per heavy atom.